The summed E-state index contributed by atoms with van der Waals surface area (Å²) >= 11 is 0. The minimum absolute atomic E-state index is 0.0103. The molecule has 0 unspecified atom stereocenters. The molecule has 3 aliphatic rings. The Bertz CT molecular complexity index is 936. The zero-order valence-electron chi connectivity index (χ0n) is 16.7. The third kappa shape index (κ3) is 3.59. The zero-order valence-corrected chi connectivity index (χ0v) is 16.7. The first-order valence-electron chi connectivity index (χ1n) is 10.7. The van der Waals surface area contributed by atoms with Gasteiger partial charge in [0.15, 0.2) is 0 Å². The van der Waals surface area contributed by atoms with Crippen LogP contribution in [0.5, 0.6) is 0 Å². The van der Waals surface area contributed by atoms with Gasteiger partial charge in [-0.25, -0.2) is 0 Å². The average molecular weight is 413 g/mol. The van der Waals surface area contributed by atoms with Crippen LogP contribution in [0.25, 0.3) is 10.9 Å². The Labute approximate surface area is 174 Å². The number of benzene rings is 1. The van der Waals surface area contributed by atoms with Crippen molar-refractivity contribution in [3.05, 3.63) is 36.0 Å². The molecule has 160 valence electrons. The number of nitrogens with one attached hydrogen (secondary N) is 3. The van der Waals surface area contributed by atoms with E-state index in [0.29, 0.717) is 12.2 Å². The lowest BCUT2D eigenvalue weighted by molar-refractivity contribution is -0.127. The van der Waals surface area contributed by atoms with Crippen LogP contribution in [0.4, 0.5) is 0 Å². The smallest absolute Gasteiger partial charge is 0.252 e. The normalized spacial score (nSPS) is 33.4. The van der Waals surface area contributed by atoms with Crippen molar-refractivity contribution >= 4 is 22.7 Å². The number of hydrogen-bond acceptors (Lipinski definition) is 5. The fourth-order valence-corrected chi connectivity index (χ4v) is 4.95. The Morgan fingerprint density at radius 2 is 1.80 bits per heavy atom. The van der Waals surface area contributed by atoms with Gasteiger partial charge < -0.3 is 30.2 Å². The van der Waals surface area contributed by atoms with Crippen LogP contribution >= 0.6 is 0 Å². The van der Waals surface area contributed by atoms with E-state index in [4.69, 9.17) is 9.47 Å². The molecule has 1 saturated carbocycles. The predicted molar refractivity (Wildman–Crippen MR) is 109 cm³/mol. The maximum absolute atomic E-state index is 12.8. The maximum Gasteiger partial charge on any atom is 0.252 e. The Morgan fingerprint density at radius 1 is 1.00 bits per heavy atom. The second-order valence-electron chi connectivity index (χ2n) is 8.54. The topological polar surface area (TPSA) is 113 Å². The molecule has 30 heavy (non-hydrogen) atoms. The average Bonchev–Trinajstić information content (AvgIpc) is 3.47. The summed E-state index contributed by atoms with van der Waals surface area (Å²) in [7, 11) is 0. The van der Waals surface area contributed by atoms with E-state index in [2.05, 4.69) is 15.6 Å². The van der Waals surface area contributed by atoms with Crippen LogP contribution in [0.15, 0.2) is 30.5 Å². The third-order valence-electron chi connectivity index (χ3n) is 6.63. The zero-order chi connectivity index (χ0) is 20.7. The first kappa shape index (κ1) is 19.5. The van der Waals surface area contributed by atoms with Crippen molar-refractivity contribution in [2.75, 3.05) is 13.2 Å². The highest BCUT2D eigenvalue weighted by Crippen LogP contribution is 2.29. The van der Waals surface area contributed by atoms with E-state index in [1.807, 2.05) is 30.5 Å². The summed E-state index contributed by atoms with van der Waals surface area (Å²) in [5, 5.41) is 16.9. The van der Waals surface area contributed by atoms with Crippen LogP contribution in [0.3, 0.4) is 0 Å². The molecule has 2 amide bonds. The fraction of sp³-hybridized carbons (Fsp3) is 0.545. The number of aromatic amines is 1. The SMILES string of the molecule is O=C(NC1CCC(C(=O)N[C@H]2CO[C@H]3[C@@H]2OC[C@@H]3O)CC1)c1cccc2[nH]ccc12. The first-order valence-corrected chi connectivity index (χ1v) is 10.7. The highest BCUT2D eigenvalue weighted by molar-refractivity contribution is 6.06. The number of amides is 2. The summed E-state index contributed by atoms with van der Waals surface area (Å²) in [4.78, 5) is 28.6. The van der Waals surface area contributed by atoms with Gasteiger partial charge in [-0.2, -0.15) is 0 Å². The van der Waals surface area contributed by atoms with Gasteiger partial charge in [0.25, 0.3) is 5.91 Å². The number of carbonyl (C=O) groups excluding carboxylic acids is 2. The molecule has 3 fully saturated rings. The summed E-state index contributed by atoms with van der Waals surface area (Å²) in [6.45, 7) is 0.622. The second kappa shape index (κ2) is 8.02. The number of aliphatic hydroxyl groups is 1. The standard InChI is InChI=1S/C22H27N3O5/c26-18-11-30-19-17(10-29-20(18)19)25-21(27)12-4-6-13(7-5-12)24-22(28)15-2-1-3-16-14(15)8-9-23-16/h1-3,8-9,12-13,17-20,23,26H,4-7,10-11H2,(H,24,28)(H,25,27)/t12?,13?,17-,18-,19+,20+/m0/s1. The Morgan fingerprint density at radius 3 is 2.63 bits per heavy atom. The maximum atomic E-state index is 12.8. The molecule has 2 aromatic rings. The third-order valence-corrected chi connectivity index (χ3v) is 6.63. The Kier molecular flexibility index (Phi) is 5.22. The molecular formula is C22H27N3O5. The number of hydrogen-bond donors (Lipinski definition) is 4. The fourth-order valence-electron chi connectivity index (χ4n) is 4.95. The molecule has 4 N–H and O–H groups in total. The molecule has 1 aromatic heterocycles. The van der Waals surface area contributed by atoms with Gasteiger partial charge in [-0.05, 0) is 43.9 Å². The predicted octanol–water partition coefficient (Wildman–Crippen LogP) is 1.10. The summed E-state index contributed by atoms with van der Waals surface area (Å²) in [6.07, 6.45) is 3.62. The van der Waals surface area contributed by atoms with E-state index in [-0.39, 0.29) is 48.6 Å². The van der Waals surface area contributed by atoms with E-state index in [9.17, 15) is 14.7 Å². The van der Waals surface area contributed by atoms with Gasteiger partial charge in [-0.3, -0.25) is 9.59 Å². The molecule has 4 atom stereocenters. The van der Waals surface area contributed by atoms with E-state index in [1.165, 1.54) is 0 Å². The Balaban J connectivity index is 1.13. The van der Waals surface area contributed by atoms with Crippen molar-refractivity contribution in [3.63, 3.8) is 0 Å². The van der Waals surface area contributed by atoms with Gasteiger partial charge >= 0.3 is 0 Å². The van der Waals surface area contributed by atoms with Crippen molar-refractivity contribution < 1.29 is 24.2 Å². The minimum atomic E-state index is -0.618. The molecule has 2 aliphatic heterocycles. The summed E-state index contributed by atoms with van der Waals surface area (Å²) in [6, 6.07) is 7.44. The highest BCUT2D eigenvalue weighted by atomic mass is 16.6. The summed E-state index contributed by atoms with van der Waals surface area (Å²) in [5.41, 5.74) is 1.61. The molecule has 5 rings (SSSR count). The molecule has 3 heterocycles. The molecule has 8 heteroatoms. The lowest BCUT2D eigenvalue weighted by Gasteiger charge is -2.29. The molecule has 0 bridgehead atoms. The van der Waals surface area contributed by atoms with Crippen LogP contribution in [0, 0.1) is 5.92 Å². The van der Waals surface area contributed by atoms with E-state index < -0.39 is 6.10 Å². The van der Waals surface area contributed by atoms with Crippen LogP contribution in [0.2, 0.25) is 0 Å². The van der Waals surface area contributed by atoms with Gasteiger partial charge in [-0.1, -0.05) is 6.07 Å². The number of H-pyrrole nitrogens is 1. The van der Waals surface area contributed by atoms with Crippen LogP contribution in [-0.4, -0.2) is 65.5 Å². The summed E-state index contributed by atoms with van der Waals surface area (Å²) < 4.78 is 11.2. The molecule has 0 spiro atoms. The number of aliphatic hydroxyl groups excluding tert-OH is 1. The van der Waals surface area contributed by atoms with Crippen molar-refractivity contribution in [3.8, 4) is 0 Å². The van der Waals surface area contributed by atoms with E-state index in [1.54, 1.807) is 0 Å². The monoisotopic (exact) mass is 413 g/mol. The van der Waals surface area contributed by atoms with E-state index >= 15 is 0 Å². The van der Waals surface area contributed by atoms with Gasteiger partial charge in [0.2, 0.25) is 5.91 Å². The summed E-state index contributed by atoms with van der Waals surface area (Å²) in [5.74, 6) is -0.132. The molecule has 1 aliphatic carbocycles. The first-order chi connectivity index (χ1) is 14.6. The Hall–Kier alpha value is -2.42. The van der Waals surface area contributed by atoms with Gasteiger partial charge in [0.05, 0.1) is 19.3 Å². The highest BCUT2D eigenvalue weighted by Gasteiger charge is 2.48. The number of fused-ring (bicyclic) bond motifs is 2. The van der Waals surface area contributed by atoms with Crippen LogP contribution < -0.4 is 10.6 Å². The van der Waals surface area contributed by atoms with Crippen molar-refractivity contribution in [2.45, 2.75) is 56.1 Å². The van der Waals surface area contributed by atoms with Crippen molar-refractivity contribution in [1.82, 2.24) is 15.6 Å². The molecule has 1 aromatic carbocycles. The lowest BCUT2D eigenvalue weighted by Crippen LogP contribution is -2.48. The van der Waals surface area contributed by atoms with E-state index in [0.717, 1.165) is 36.6 Å². The quantitative estimate of drug-likeness (QED) is 0.600. The number of carbonyl (C=O) groups is 2. The number of rotatable bonds is 4. The number of aromatic nitrogens is 1. The van der Waals surface area contributed by atoms with Crippen molar-refractivity contribution in [1.29, 1.82) is 0 Å². The van der Waals surface area contributed by atoms with Crippen LogP contribution in [0.1, 0.15) is 36.0 Å². The molecule has 8 nitrogen and oxygen atoms in total. The molecular weight excluding hydrogens is 386 g/mol. The van der Waals surface area contributed by atoms with Gasteiger partial charge in [0, 0.05) is 34.6 Å². The van der Waals surface area contributed by atoms with Gasteiger partial charge in [-0.15, -0.1) is 0 Å². The van der Waals surface area contributed by atoms with Gasteiger partial charge in [0.1, 0.15) is 18.3 Å². The molecule has 0 radical (unpaired) electrons. The second-order valence-corrected chi connectivity index (χ2v) is 8.54. The lowest BCUT2D eigenvalue weighted by atomic mass is 9.85. The largest absolute Gasteiger partial charge is 0.388 e. The number of ether oxygens (including phenoxy) is 2. The van der Waals surface area contributed by atoms with Crippen LogP contribution in [-0.2, 0) is 14.3 Å². The van der Waals surface area contributed by atoms with Crippen molar-refractivity contribution in [2.24, 2.45) is 5.92 Å². The minimum Gasteiger partial charge on any atom is -0.388 e. The molecule has 2 saturated heterocycles.